The van der Waals surface area contributed by atoms with Gasteiger partial charge in [-0.1, -0.05) is 12.7 Å². The Labute approximate surface area is 80.9 Å². The van der Waals surface area contributed by atoms with Gasteiger partial charge in [-0.3, -0.25) is 10.1 Å². The molecule has 5 nitrogen and oxygen atoms in total. The van der Waals surface area contributed by atoms with Crippen LogP contribution in [0.5, 0.6) is 5.75 Å². The number of ether oxygens (including phenoxy) is 1. The lowest BCUT2D eigenvalue weighted by atomic mass is 10.2. The monoisotopic (exact) mass is 194 g/mol. The van der Waals surface area contributed by atoms with Crippen molar-refractivity contribution in [1.29, 1.82) is 0 Å². The lowest BCUT2D eigenvalue weighted by Gasteiger charge is -2.03. The van der Waals surface area contributed by atoms with Crippen LogP contribution in [-0.4, -0.2) is 11.5 Å². The number of benzene rings is 1. The van der Waals surface area contributed by atoms with Gasteiger partial charge in [0.25, 0.3) is 5.69 Å². The summed E-state index contributed by atoms with van der Waals surface area (Å²) in [7, 11) is 0. The van der Waals surface area contributed by atoms with Gasteiger partial charge in [-0.2, -0.15) is 0 Å². The second-order valence-electron chi connectivity index (χ2n) is 2.58. The Balaban J connectivity index is 2.88. The quantitative estimate of drug-likeness (QED) is 0.342. The first-order chi connectivity index (χ1) is 6.65. The van der Waals surface area contributed by atoms with Crippen molar-refractivity contribution in [3.8, 4) is 5.75 Å². The summed E-state index contributed by atoms with van der Waals surface area (Å²) < 4.78 is 5.15. The summed E-state index contributed by atoms with van der Waals surface area (Å²) >= 11 is 0. The molecule has 0 radical (unpaired) electrons. The fourth-order valence-corrected chi connectivity index (χ4v) is 0.944. The van der Waals surface area contributed by atoms with Crippen LogP contribution in [0.25, 0.3) is 0 Å². The fraction of sp³-hybridized carbons (Fsp3) is 0.111. The summed E-state index contributed by atoms with van der Waals surface area (Å²) in [6.07, 6.45) is 1.58. The van der Waals surface area contributed by atoms with Crippen LogP contribution in [-0.2, 0) is 0 Å². The van der Waals surface area contributed by atoms with Gasteiger partial charge in [-0.25, -0.2) is 0 Å². The zero-order chi connectivity index (χ0) is 10.6. The van der Waals surface area contributed by atoms with Gasteiger partial charge in [-0.15, -0.1) is 0 Å². The predicted molar refractivity (Wildman–Crippen MR) is 53.2 cm³/mol. The van der Waals surface area contributed by atoms with Crippen LogP contribution in [0.3, 0.4) is 0 Å². The molecule has 0 atom stereocenters. The van der Waals surface area contributed by atoms with Crippen LogP contribution >= 0.6 is 0 Å². The van der Waals surface area contributed by atoms with Crippen LogP contribution < -0.4 is 10.5 Å². The molecule has 14 heavy (non-hydrogen) atoms. The second kappa shape index (κ2) is 4.27. The lowest BCUT2D eigenvalue weighted by Crippen LogP contribution is -1.98. The van der Waals surface area contributed by atoms with E-state index in [1.165, 1.54) is 18.2 Å². The van der Waals surface area contributed by atoms with E-state index in [0.29, 0.717) is 12.4 Å². The number of nitrogen functional groups attached to an aromatic ring is 1. The first-order valence-corrected chi connectivity index (χ1v) is 3.92. The van der Waals surface area contributed by atoms with Crippen molar-refractivity contribution < 1.29 is 9.66 Å². The van der Waals surface area contributed by atoms with Crippen molar-refractivity contribution in [2.24, 2.45) is 0 Å². The summed E-state index contributed by atoms with van der Waals surface area (Å²) in [5, 5.41) is 10.4. The number of nitro groups is 1. The Morgan fingerprint density at radius 1 is 1.64 bits per heavy atom. The Bertz CT molecular complexity index is 363. The minimum Gasteiger partial charge on any atom is -0.489 e. The average molecular weight is 194 g/mol. The number of nitrogens with zero attached hydrogens (tertiary/aromatic N) is 1. The summed E-state index contributed by atoms with van der Waals surface area (Å²) in [6.45, 7) is 3.82. The topological polar surface area (TPSA) is 78.4 Å². The molecule has 0 amide bonds. The number of rotatable bonds is 4. The van der Waals surface area contributed by atoms with E-state index in [4.69, 9.17) is 10.5 Å². The zero-order valence-electron chi connectivity index (χ0n) is 7.47. The maximum atomic E-state index is 10.4. The van der Waals surface area contributed by atoms with E-state index >= 15 is 0 Å². The smallest absolute Gasteiger partial charge is 0.292 e. The van der Waals surface area contributed by atoms with E-state index in [2.05, 4.69) is 6.58 Å². The first-order valence-electron chi connectivity index (χ1n) is 3.92. The highest BCUT2D eigenvalue weighted by Crippen LogP contribution is 2.25. The predicted octanol–water partition coefficient (Wildman–Crippen LogP) is 1.74. The third-order valence-corrected chi connectivity index (χ3v) is 1.56. The van der Waals surface area contributed by atoms with Gasteiger partial charge in [0.2, 0.25) is 0 Å². The Morgan fingerprint density at radius 2 is 2.36 bits per heavy atom. The Kier molecular flexibility index (Phi) is 3.06. The molecule has 0 saturated carbocycles. The SMILES string of the molecule is C=CCOc1ccc([N+](=O)[O-])c(N)c1. The van der Waals surface area contributed by atoms with E-state index in [1.54, 1.807) is 6.08 Å². The number of hydrogen-bond donors (Lipinski definition) is 1. The van der Waals surface area contributed by atoms with Crippen molar-refractivity contribution in [3.05, 3.63) is 41.0 Å². The Morgan fingerprint density at radius 3 is 2.86 bits per heavy atom. The van der Waals surface area contributed by atoms with Crippen molar-refractivity contribution >= 4 is 11.4 Å². The first kappa shape index (κ1) is 10.0. The molecule has 0 aliphatic rings. The van der Waals surface area contributed by atoms with Gasteiger partial charge in [0.15, 0.2) is 0 Å². The Hall–Kier alpha value is -2.04. The third-order valence-electron chi connectivity index (χ3n) is 1.56. The van der Waals surface area contributed by atoms with Crippen LogP contribution in [0.2, 0.25) is 0 Å². The van der Waals surface area contributed by atoms with E-state index in [-0.39, 0.29) is 11.4 Å². The molecule has 0 heterocycles. The van der Waals surface area contributed by atoms with Crippen LogP contribution in [0.15, 0.2) is 30.9 Å². The number of nitro benzene ring substituents is 1. The molecule has 0 aliphatic heterocycles. The van der Waals surface area contributed by atoms with Gasteiger partial charge in [0.1, 0.15) is 18.0 Å². The number of nitrogens with two attached hydrogens (primary N) is 1. The molecule has 0 spiro atoms. The van der Waals surface area contributed by atoms with Crippen molar-refractivity contribution in [3.63, 3.8) is 0 Å². The van der Waals surface area contributed by atoms with Gasteiger partial charge in [0, 0.05) is 12.1 Å². The van der Waals surface area contributed by atoms with Crippen molar-refractivity contribution in [2.75, 3.05) is 12.3 Å². The number of anilines is 1. The van der Waals surface area contributed by atoms with E-state index in [0.717, 1.165) is 0 Å². The highest BCUT2D eigenvalue weighted by Gasteiger charge is 2.10. The number of hydrogen-bond acceptors (Lipinski definition) is 4. The van der Waals surface area contributed by atoms with E-state index in [1.807, 2.05) is 0 Å². The second-order valence-corrected chi connectivity index (χ2v) is 2.58. The van der Waals surface area contributed by atoms with Gasteiger partial charge >= 0.3 is 0 Å². The maximum absolute atomic E-state index is 10.4. The van der Waals surface area contributed by atoms with Gasteiger partial charge in [0.05, 0.1) is 4.92 Å². The van der Waals surface area contributed by atoms with E-state index in [9.17, 15) is 10.1 Å². The molecule has 0 aliphatic carbocycles. The van der Waals surface area contributed by atoms with Crippen molar-refractivity contribution in [1.82, 2.24) is 0 Å². The highest BCUT2D eigenvalue weighted by atomic mass is 16.6. The standard InChI is InChI=1S/C9H10N2O3/c1-2-5-14-7-3-4-9(11(12)13)8(10)6-7/h2-4,6H,1,5,10H2. The maximum Gasteiger partial charge on any atom is 0.292 e. The zero-order valence-corrected chi connectivity index (χ0v) is 7.47. The van der Waals surface area contributed by atoms with Gasteiger partial charge in [-0.05, 0) is 6.07 Å². The summed E-state index contributed by atoms with van der Waals surface area (Å²) in [5.41, 5.74) is 5.43. The summed E-state index contributed by atoms with van der Waals surface area (Å²) in [6, 6.07) is 4.23. The molecular formula is C9H10N2O3. The lowest BCUT2D eigenvalue weighted by molar-refractivity contribution is -0.383. The molecule has 0 unspecified atom stereocenters. The summed E-state index contributed by atoms with van der Waals surface area (Å²) in [5.74, 6) is 0.494. The molecule has 1 aromatic rings. The molecule has 2 N–H and O–H groups in total. The van der Waals surface area contributed by atoms with Crippen LogP contribution in [0, 0.1) is 10.1 Å². The minimum absolute atomic E-state index is 0.0940. The largest absolute Gasteiger partial charge is 0.489 e. The molecule has 0 fully saturated rings. The third kappa shape index (κ3) is 2.22. The normalized spacial score (nSPS) is 9.43. The van der Waals surface area contributed by atoms with Crippen LogP contribution in [0.4, 0.5) is 11.4 Å². The highest BCUT2D eigenvalue weighted by molar-refractivity contribution is 5.60. The van der Waals surface area contributed by atoms with Crippen molar-refractivity contribution in [2.45, 2.75) is 0 Å². The van der Waals surface area contributed by atoms with E-state index < -0.39 is 4.92 Å². The van der Waals surface area contributed by atoms with Gasteiger partial charge < -0.3 is 10.5 Å². The molecule has 0 aromatic heterocycles. The minimum atomic E-state index is -0.535. The molecule has 5 heteroatoms. The fourth-order valence-electron chi connectivity index (χ4n) is 0.944. The van der Waals surface area contributed by atoms with Crippen LogP contribution in [0.1, 0.15) is 0 Å². The average Bonchev–Trinajstić information content (AvgIpc) is 2.14. The molecule has 1 aromatic carbocycles. The molecule has 1 rings (SSSR count). The molecule has 0 bridgehead atoms. The molecule has 74 valence electrons. The molecule has 0 saturated heterocycles. The molecular weight excluding hydrogens is 184 g/mol. The summed E-state index contributed by atoms with van der Waals surface area (Å²) in [4.78, 5) is 9.88.